The smallest absolute Gasteiger partial charge is 0.224 e. The Morgan fingerprint density at radius 3 is 3.12 bits per heavy atom. The van der Waals surface area contributed by atoms with Crippen molar-refractivity contribution >= 4 is 5.91 Å². The Morgan fingerprint density at radius 2 is 2.27 bits per heavy atom. The molecule has 1 atom stereocenters. The normalized spacial score (nSPS) is 19.2. The van der Waals surface area contributed by atoms with Crippen LogP contribution in [0.25, 0.3) is 0 Å². The average molecular weight is 349 g/mol. The first-order valence-electron chi connectivity index (χ1n) is 9.05. The second-order valence-electron chi connectivity index (χ2n) is 7.02. The average Bonchev–Trinajstić information content (AvgIpc) is 3.26. The van der Waals surface area contributed by atoms with Gasteiger partial charge in [-0.25, -0.2) is 0 Å². The van der Waals surface area contributed by atoms with E-state index >= 15 is 0 Å². The predicted octanol–water partition coefficient (Wildman–Crippen LogP) is 2.67. The van der Waals surface area contributed by atoms with E-state index in [4.69, 9.17) is 4.74 Å². The molecule has 26 heavy (non-hydrogen) atoms. The first-order valence-corrected chi connectivity index (χ1v) is 9.05. The molecule has 3 heterocycles. The summed E-state index contributed by atoms with van der Waals surface area (Å²) in [7, 11) is 0. The maximum Gasteiger partial charge on any atom is 0.224 e. The molecular formula is C21H23N3O2. The van der Waals surface area contributed by atoms with E-state index < -0.39 is 0 Å². The number of likely N-dealkylation sites (tertiary alicyclic amines) is 1. The lowest BCUT2D eigenvalue weighted by Crippen LogP contribution is -2.32. The maximum absolute atomic E-state index is 12.4. The zero-order chi connectivity index (χ0) is 17.9. The summed E-state index contributed by atoms with van der Waals surface area (Å²) < 4.78 is 5.58. The highest BCUT2D eigenvalue weighted by Gasteiger charge is 2.28. The number of aromatic nitrogens is 1. The number of hydrogen-bond acceptors (Lipinski definition) is 4. The number of carbonyl (C=O) groups excluding carboxylic acids is 1. The number of nitrogens with one attached hydrogen (secondary N) is 1. The molecule has 0 aliphatic carbocycles. The van der Waals surface area contributed by atoms with Crippen molar-refractivity contribution in [3.8, 4) is 5.75 Å². The molecule has 5 nitrogen and oxygen atoms in total. The Balaban J connectivity index is 1.29. The van der Waals surface area contributed by atoms with Gasteiger partial charge in [0.05, 0.1) is 18.2 Å². The number of pyridine rings is 1. The van der Waals surface area contributed by atoms with E-state index in [1.807, 2.05) is 24.3 Å². The Labute approximate surface area is 153 Å². The Kier molecular flexibility index (Phi) is 4.71. The number of rotatable bonds is 5. The van der Waals surface area contributed by atoms with E-state index in [1.165, 1.54) is 11.1 Å². The van der Waals surface area contributed by atoms with E-state index in [9.17, 15) is 4.79 Å². The summed E-state index contributed by atoms with van der Waals surface area (Å²) in [6.45, 7) is 6.99. The molecule has 1 unspecified atom stereocenters. The van der Waals surface area contributed by atoms with Crippen LogP contribution in [0.5, 0.6) is 5.75 Å². The lowest BCUT2D eigenvalue weighted by Gasteiger charge is -2.16. The Bertz CT molecular complexity index is 819. The quantitative estimate of drug-likeness (QED) is 0.902. The fraction of sp³-hybridized carbons (Fsp3) is 0.333. The molecule has 1 N–H and O–H groups in total. The number of fused-ring (bicyclic) bond motifs is 1. The van der Waals surface area contributed by atoms with Gasteiger partial charge in [0.15, 0.2) is 0 Å². The minimum Gasteiger partial charge on any atom is -0.462 e. The second kappa shape index (κ2) is 7.30. The molecule has 0 bridgehead atoms. The summed E-state index contributed by atoms with van der Waals surface area (Å²) in [4.78, 5) is 19.0. The number of hydrogen-bond donors (Lipinski definition) is 1. The maximum atomic E-state index is 12.4. The van der Waals surface area contributed by atoms with Crippen LogP contribution in [0.2, 0.25) is 0 Å². The lowest BCUT2D eigenvalue weighted by molar-refractivity contribution is -0.124. The van der Waals surface area contributed by atoms with E-state index in [0.29, 0.717) is 6.54 Å². The van der Waals surface area contributed by atoms with E-state index in [1.54, 1.807) is 6.20 Å². The van der Waals surface area contributed by atoms with E-state index in [-0.39, 0.29) is 11.8 Å². The summed E-state index contributed by atoms with van der Waals surface area (Å²) in [5.41, 5.74) is 3.35. The van der Waals surface area contributed by atoms with Gasteiger partial charge >= 0.3 is 0 Å². The third-order valence-electron chi connectivity index (χ3n) is 4.99. The van der Waals surface area contributed by atoms with Crippen molar-refractivity contribution in [1.29, 1.82) is 0 Å². The summed E-state index contributed by atoms with van der Waals surface area (Å²) in [5.74, 6) is 1.91. The molecule has 0 saturated carbocycles. The van der Waals surface area contributed by atoms with Crippen LogP contribution in [0.1, 0.15) is 23.2 Å². The molecule has 1 fully saturated rings. The first kappa shape index (κ1) is 16.8. The molecule has 1 aromatic heterocycles. The van der Waals surface area contributed by atoms with Gasteiger partial charge in [-0.3, -0.25) is 14.7 Å². The van der Waals surface area contributed by atoms with Gasteiger partial charge in [-0.05, 0) is 36.7 Å². The molecular weight excluding hydrogens is 326 g/mol. The van der Waals surface area contributed by atoms with Crippen molar-refractivity contribution in [2.24, 2.45) is 5.92 Å². The van der Waals surface area contributed by atoms with Gasteiger partial charge < -0.3 is 10.1 Å². The first-order chi connectivity index (χ1) is 12.7. The molecule has 1 aromatic carbocycles. The lowest BCUT2D eigenvalue weighted by atomic mass is 10.1. The highest BCUT2D eigenvalue weighted by molar-refractivity contribution is 5.79. The van der Waals surface area contributed by atoms with Crippen molar-refractivity contribution in [2.45, 2.75) is 25.9 Å². The van der Waals surface area contributed by atoms with Gasteiger partial charge in [-0.15, -0.1) is 0 Å². The van der Waals surface area contributed by atoms with Crippen LogP contribution < -0.4 is 10.1 Å². The molecule has 2 aliphatic heterocycles. The summed E-state index contributed by atoms with van der Waals surface area (Å²) in [5, 5.41) is 3.01. The number of ether oxygens (including phenoxy) is 1. The topological polar surface area (TPSA) is 54.5 Å². The zero-order valence-electron chi connectivity index (χ0n) is 14.8. The zero-order valence-corrected chi connectivity index (χ0v) is 14.8. The van der Waals surface area contributed by atoms with Crippen LogP contribution in [-0.2, 0) is 24.3 Å². The predicted molar refractivity (Wildman–Crippen MR) is 99.4 cm³/mol. The summed E-state index contributed by atoms with van der Waals surface area (Å²) in [6, 6.07) is 12.1. The third kappa shape index (κ3) is 3.78. The van der Waals surface area contributed by atoms with Crippen molar-refractivity contribution in [3.05, 3.63) is 71.8 Å². The number of nitrogens with zero attached hydrogens (tertiary/aromatic N) is 2. The fourth-order valence-corrected chi connectivity index (χ4v) is 3.65. The van der Waals surface area contributed by atoms with Gasteiger partial charge in [-0.2, -0.15) is 0 Å². The fourth-order valence-electron chi connectivity index (χ4n) is 3.65. The molecule has 5 heteroatoms. The largest absolute Gasteiger partial charge is 0.462 e. The van der Waals surface area contributed by atoms with Gasteiger partial charge in [0.25, 0.3) is 0 Å². The van der Waals surface area contributed by atoms with E-state index in [0.717, 1.165) is 49.7 Å². The standard InChI is InChI=1S/C21H23N3O2/c1-15-10-18-11-16(5-6-20(18)26-15)13-24-9-7-17(14-24)21(25)23-12-19-4-2-3-8-22-19/h2-6,8,11,17H,1,7,9-10,12-14H2,(H,23,25). The van der Waals surface area contributed by atoms with Crippen LogP contribution in [-0.4, -0.2) is 28.9 Å². The summed E-state index contributed by atoms with van der Waals surface area (Å²) >= 11 is 0. The van der Waals surface area contributed by atoms with Crippen molar-refractivity contribution < 1.29 is 9.53 Å². The van der Waals surface area contributed by atoms with Crippen molar-refractivity contribution in [1.82, 2.24) is 15.2 Å². The number of amides is 1. The van der Waals surface area contributed by atoms with Crippen molar-refractivity contribution in [3.63, 3.8) is 0 Å². The van der Waals surface area contributed by atoms with Crippen LogP contribution in [0.15, 0.2) is 54.9 Å². The van der Waals surface area contributed by atoms with Crippen LogP contribution in [0.4, 0.5) is 0 Å². The van der Waals surface area contributed by atoms with Crippen molar-refractivity contribution in [2.75, 3.05) is 13.1 Å². The molecule has 4 rings (SSSR count). The molecule has 1 saturated heterocycles. The minimum absolute atomic E-state index is 0.0521. The van der Waals surface area contributed by atoms with Gasteiger partial charge in [0, 0.05) is 31.3 Å². The van der Waals surface area contributed by atoms with Gasteiger partial charge in [-0.1, -0.05) is 24.8 Å². The van der Waals surface area contributed by atoms with Crippen LogP contribution >= 0.6 is 0 Å². The molecule has 134 valence electrons. The molecule has 1 amide bonds. The SMILES string of the molecule is C=C1Cc2cc(CN3CCC(C(=O)NCc4ccccn4)C3)ccc2O1. The number of allylic oxidation sites excluding steroid dienone is 1. The highest BCUT2D eigenvalue weighted by Crippen LogP contribution is 2.31. The van der Waals surface area contributed by atoms with Gasteiger partial charge in [0.1, 0.15) is 11.5 Å². The van der Waals surface area contributed by atoms with Crippen LogP contribution in [0.3, 0.4) is 0 Å². The van der Waals surface area contributed by atoms with Crippen LogP contribution in [0, 0.1) is 5.92 Å². The van der Waals surface area contributed by atoms with Gasteiger partial charge in [0.2, 0.25) is 5.91 Å². The molecule has 0 radical (unpaired) electrons. The highest BCUT2D eigenvalue weighted by atomic mass is 16.5. The summed E-state index contributed by atoms with van der Waals surface area (Å²) in [6.07, 6.45) is 3.44. The molecule has 0 spiro atoms. The monoisotopic (exact) mass is 349 g/mol. The Hall–Kier alpha value is -2.66. The van der Waals surface area contributed by atoms with E-state index in [2.05, 4.69) is 33.9 Å². The number of carbonyl (C=O) groups is 1. The number of benzene rings is 1. The third-order valence-corrected chi connectivity index (χ3v) is 4.99. The Morgan fingerprint density at radius 1 is 1.35 bits per heavy atom. The molecule has 2 aliphatic rings. The minimum atomic E-state index is 0.0521. The second-order valence-corrected chi connectivity index (χ2v) is 7.02. The molecule has 2 aromatic rings.